The Labute approximate surface area is 174 Å². The molecule has 8 nitrogen and oxygen atoms in total. The van der Waals surface area contributed by atoms with Crippen LogP contribution in [0.3, 0.4) is 0 Å². The Morgan fingerprint density at radius 2 is 2.00 bits per heavy atom. The molecule has 0 atom stereocenters. The van der Waals surface area contributed by atoms with Crippen molar-refractivity contribution in [3.05, 3.63) is 40.2 Å². The Hall–Kier alpha value is -2.16. The molecule has 0 spiro atoms. The molecule has 2 amide bonds. The second-order valence-electron chi connectivity index (χ2n) is 6.45. The Balaban J connectivity index is 0.00000280. The predicted octanol–water partition coefficient (Wildman–Crippen LogP) is 2.59. The van der Waals surface area contributed by atoms with Gasteiger partial charge in [0.25, 0.3) is 11.8 Å². The topological polar surface area (TPSA) is 101 Å². The molecule has 1 aromatic heterocycles. The van der Waals surface area contributed by atoms with Crippen molar-refractivity contribution < 1.29 is 9.59 Å². The van der Waals surface area contributed by atoms with Crippen molar-refractivity contribution in [2.24, 2.45) is 0 Å². The minimum atomic E-state index is -0.402. The van der Waals surface area contributed by atoms with Crippen molar-refractivity contribution in [3.63, 3.8) is 0 Å². The van der Waals surface area contributed by atoms with Crippen LogP contribution in [-0.4, -0.2) is 46.4 Å². The highest BCUT2D eigenvalue weighted by atomic mass is 35.5. The van der Waals surface area contributed by atoms with Gasteiger partial charge in [0.15, 0.2) is 5.69 Å². The number of nitrogens with zero attached hydrogens (tertiary/aromatic N) is 3. The predicted molar refractivity (Wildman–Crippen MR) is 111 cm³/mol. The molecule has 2 aromatic rings. The van der Waals surface area contributed by atoms with Crippen molar-refractivity contribution in [1.29, 1.82) is 0 Å². The second kappa shape index (κ2) is 9.86. The first-order chi connectivity index (χ1) is 13.0. The zero-order chi connectivity index (χ0) is 19.4. The van der Waals surface area contributed by atoms with Crippen molar-refractivity contribution in [2.75, 3.05) is 25.0 Å². The van der Waals surface area contributed by atoms with Crippen LogP contribution in [0.4, 0.5) is 5.69 Å². The average molecular weight is 427 g/mol. The summed E-state index contributed by atoms with van der Waals surface area (Å²) in [6, 6.07) is 5.00. The Morgan fingerprint density at radius 1 is 1.29 bits per heavy atom. The molecule has 0 saturated carbocycles. The van der Waals surface area contributed by atoms with Gasteiger partial charge in [-0.2, -0.15) is 0 Å². The molecule has 2 heterocycles. The SMILES string of the molecule is CCNC(=O)c1cc(Cl)ccc1NC(=O)c1nnn(C2CCNCC2)c1C.Cl. The molecule has 28 heavy (non-hydrogen) atoms. The molecule has 0 bridgehead atoms. The first kappa shape index (κ1) is 22.1. The van der Waals surface area contributed by atoms with Crippen LogP contribution in [0.25, 0.3) is 0 Å². The number of carbonyl (C=O) groups is 2. The fraction of sp³-hybridized carbons (Fsp3) is 0.444. The van der Waals surface area contributed by atoms with Gasteiger partial charge in [0.05, 0.1) is 23.0 Å². The maximum absolute atomic E-state index is 12.7. The average Bonchev–Trinajstić information content (AvgIpc) is 3.05. The molecule has 3 N–H and O–H groups in total. The first-order valence-electron chi connectivity index (χ1n) is 9.02. The first-order valence-corrected chi connectivity index (χ1v) is 9.40. The number of carbonyl (C=O) groups excluding carboxylic acids is 2. The third-order valence-corrected chi connectivity index (χ3v) is 4.84. The lowest BCUT2D eigenvalue weighted by molar-refractivity contribution is 0.0956. The quantitative estimate of drug-likeness (QED) is 0.681. The number of hydrogen-bond acceptors (Lipinski definition) is 5. The maximum Gasteiger partial charge on any atom is 0.278 e. The fourth-order valence-corrected chi connectivity index (χ4v) is 3.37. The van der Waals surface area contributed by atoms with Gasteiger partial charge in [-0.3, -0.25) is 9.59 Å². The minimum absolute atomic E-state index is 0. The third kappa shape index (κ3) is 4.81. The summed E-state index contributed by atoms with van der Waals surface area (Å²) in [5.74, 6) is -0.703. The van der Waals surface area contributed by atoms with Crippen molar-refractivity contribution in [2.45, 2.75) is 32.7 Å². The monoisotopic (exact) mass is 426 g/mol. The molecule has 10 heteroatoms. The molecular weight excluding hydrogens is 403 g/mol. The van der Waals surface area contributed by atoms with Gasteiger partial charge in [-0.15, -0.1) is 17.5 Å². The summed E-state index contributed by atoms with van der Waals surface area (Å²) >= 11 is 6.01. The Bertz CT molecular complexity index is 849. The zero-order valence-electron chi connectivity index (χ0n) is 15.8. The summed E-state index contributed by atoms with van der Waals surface area (Å²) in [5.41, 5.74) is 1.66. The smallest absolute Gasteiger partial charge is 0.278 e. The summed E-state index contributed by atoms with van der Waals surface area (Å²) < 4.78 is 1.82. The Morgan fingerprint density at radius 3 is 2.68 bits per heavy atom. The molecule has 1 fully saturated rings. The Kier molecular flexibility index (Phi) is 7.79. The van der Waals surface area contributed by atoms with Crippen LogP contribution in [0.2, 0.25) is 5.02 Å². The highest BCUT2D eigenvalue weighted by molar-refractivity contribution is 6.31. The molecule has 0 unspecified atom stereocenters. The molecule has 3 rings (SSSR count). The molecule has 1 saturated heterocycles. The number of rotatable bonds is 5. The molecule has 1 aliphatic heterocycles. The second-order valence-corrected chi connectivity index (χ2v) is 6.89. The van der Waals surface area contributed by atoms with Gasteiger partial charge in [0.1, 0.15) is 0 Å². The molecule has 1 aliphatic rings. The van der Waals surface area contributed by atoms with Crippen LogP contribution in [0.5, 0.6) is 0 Å². The number of anilines is 1. The van der Waals surface area contributed by atoms with Gasteiger partial charge < -0.3 is 16.0 Å². The fourth-order valence-electron chi connectivity index (χ4n) is 3.20. The minimum Gasteiger partial charge on any atom is -0.352 e. The van der Waals surface area contributed by atoms with E-state index >= 15 is 0 Å². The van der Waals surface area contributed by atoms with E-state index in [4.69, 9.17) is 11.6 Å². The molecule has 0 radical (unpaired) electrons. The van der Waals surface area contributed by atoms with Crippen LogP contribution in [0.15, 0.2) is 18.2 Å². The van der Waals surface area contributed by atoms with E-state index in [1.54, 1.807) is 12.1 Å². The van der Waals surface area contributed by atoms with Crippen molar-refractivity contribution in [1.82, 2.24) is 25.6 Å². The summed E-state index contributed by atoms with van der Waals surface area (Å²) in [4.78, 5) is 25.0. The lowest BCUT2D eigenvalue weighted by Gasteiger charge is -2.23. The molecule has 152 valence electrons. The number of halogens is 2. The van der Waals surface area contributed by atoms with Gasteiger partial charge in [-0.25, -0.2) is 4.68 Å². The van der Waals surface area contributed by atoms with E-state index < -0.39 is 5.91 Å². The zero-order valence-corrected chi connectivity index (χ0v) is 17.4. The van der Waals surface area contributed by atoms with E-state index in [0.29, 0.717) is 28.5 Å². The lowest BCUT2D eigenvalue weighted by atomic mass is 10.1. The van der Waals surface area contributed by atoms with Crippen LogP contribution in [0.1, 0.15) is 52.3 Å². The van der Waals surface area contributed by atoms with Crippen molar-refractivity contribution in [3.8, 4) is 0 Å². The number of piperidine rings is 1. The molecule has 0 aliphatic carbocycles. The summed E-state index contributed by atoms with van der Waals surface area (Å²) in [6.07, 6.45) is 1.90. The van der Waals surface area contributed by atoms with Gasteiger partial charge in [0.2, 0.25) is 0 Å². The van der Waals surface area contributed by atoms with E-state index in [1.165, 1.54) is 6.07 Å². The highest BCUT2D eigenvalue weighted by Gasteiger charge is 2.24. The molecule has 1 aromatic carbocycles. The van der Waals surface area contributed by atoms with Crippen LogP contribution < -0.4 is 16.0 Å². The van der Waals surface area contributed by atoms with Crippen LogP contribution >= 0.6 is 24.0 Å². The van der Waals surface area contributed by atoms with Gasteiger partial charge in [-0.1, -0.05) is 16.8 Å². The van der Waals surface area contributed by atoms with Crippen molar-refractivity contribution >= 4 is 41.5 Å². The van der Waals surface area contributed by atoms with E-state index in [-0.39, 0.29) is 30.0 Å². The largest absolute Gasteiger partial charge is 0.352 e. The summed E-state index contributed by atoms with van der Waals surface area (Å²) in [6.45, 7) is 5.98. The van der Waals surface area contributed by atoms with E-state index in [2.05, 4.69) is 26.3 Å². The van der Waals surface area contributed by atoms with Gasteiger partial charge >= 0.3 is 0 Å². The number of amides is 2. The number of hydrogen-bond donors (Lipinski definition) is 3. The number of nitrogens with one attached hydrogen (secondary N) is 3. The van der Waals surface area contributed by atoms with E-state index in [0.717, 1.165) is 25.9 Å². The standard InChI is InChI=1S/C18H23ClN6O2.ClH/c1-3-21-17(26)14-10-12(19)4-5-15(14)22-18(27)16-11(2)25(24-23-16)13-6-8-20-9-7-13;/h4-5,10,13,20H,3,6-9H2,1-2H3,(H,21,26)(H,22,27);1H. The van der Waals surface area contributed by atoms with Gasteiger partial charge in [-0.05, 0) is 58.0 Å². The number of aromatic nitrogens is 3. The summed E-state index contributed by atoms with van der Waals surface area (Å²) in [7, 11) is 0. The highest BCUT2D eigenvalue weighted by Crippen LogP contribution is 2.23. The van der Waals surface area contributed by atoms with Crippen LogP contribution in [0, 0.1) is 6.92 Å². The van der Waals surface area contributed by atoms with Gasteiger partial charge in [0, 0.05) is 11.6 Å². The maximum atomic E-state index is 12.7. The van der Waals surface area contributed by atoms with E-state index in [9.17, 15) is 9.59 Å². The van der Waals surface area contributed by atoms with Crippen LogP contribution in [-0.2, 0) is 0 Å². The van der Waals surface area contributed by atoms with E-state index in [1.807, 2.05) is 18.5 Å². The normalized spacial score (nSPS) is 14.2. The molecular formula is C18H24Cl2N6O2. The lowest BCUT2D eigenvalue weighted by Crippen LogP contribution is -2.30. The third-order valence-electron chi connectivity index (χ3n) is 4.61. The number of benzene rings is 1. The summed E-state index contributed by atoms with van der Waals surface area (Å²) in [5, 5.41) is 17.5.